The van der Waals surface area contributed by atoms with Gasteiger partial charge in [-0.3, -0.25) is 4.79 Å². The predicted molar refractivity (Wildman–Crippen MR) is 99.4 cm³/mol. The summed E-state index contributed by atoms with van der Waals surface area (Å²) in [7, 11) is 0. The fourth-order valence-corrected chi connectivity index (χ4v) is 4.37. The molecule has 5 heteroatoms. The van der Waals surface area contributed by atoms with Crippen LogP contribution in [-0.2, 0) is 0 Å². The monoisotopic (exact) mass is 366 g/mol. The molecule has 1 spiro atoms. The van der Waals surface area contributed by atoms with Gasteiger partial charge in [-0.05, 0) is 60.8 Å². The van der Waals surface area contributed by atoms with Gasteiger partial charge in [0.25, 0.3) is 5.91 Å². The Kier molecular flexibility index (Phi) is 5.13. The molecule has 1 saturated carbocycles. The summed E-state index contributed by atoms with van der Waals surface area (Å²) in [5.74, 6) is -0.189. The Morgan fingerprint density at radius 2 is 2.00 bits per heavy atom. The van der Waals surface area contributed by atoms with Crippen molar-refractivity contribution < 1.29 is 9.18 Å². The molecule has 1 aromatic carbocycles. The average molecular weight is 367 g/mol. The SMILES string of the molecule is CC(C)(C)CCN1CC2(CC(CNC(=O)c3cc(F)cc(Cl)c3)C2)C1. The molecule has 1 aliphatic carbocycles. The van der Waals surface area contributed by atoms with Crippen molar-refractivity contribution in [3.8, 4) is 0 Å². The van der Waals surface area contributed by atoms with Crippen molar-refractivity contribution in [2.24, 2.45) is 16.7 Å². The van der Waals surface area contributed by atoms with E-state index in [0.717, 1.165) is 0 Å². The normalized spacial score (nSPS) is 20.2. The van der Waals surface area contributed by atoms with Gasteiger partial charge >= 0.3 is 0 Å². The molecular weight excluding hydrogens is 339 g/mol. The highest BCUT2D eigenvalue weighted by Gasteiger charge is 2.51. The first-order valence-electron chi connectivity index (χ1n) is 9.11. The van der Waals surface area contributed by atoms with Crippen molar-refractivity contribution in [1.82, 2.24) is 10.2 Å². The van der Waals surface area contributed by atoms with Gasteiger partial charge in [0.05, 0.1) is 0 Å². The number of rotatable bonds is 5. The molecule has 1 saturated heterocycles. The van der Waals surface area contributed by atoms with E-state index in [9.17, 15) is 9.18 Å². The number of halogens is 2. The van der Waals surface area contributed by atoms with E-state index in [1.807, 2.05) is 0 Å². The van der Waals surface area contributed by atoms with Gasteiger partial charge in [-0.15, -0.1) is 0 Å². The zero-order valence-corrected chi connectivity index (χ0v) is 16.1. The zero-order chi connectivity index (χ0) is 18.2. The first-order valence-corrected chi connectivity index (χ1v) is 9.49. The van der Waals surface area contributed by atoms with E-state index < -0.39 is 5.82 Å². The number of amides is 1. The first-order chi connectivity index (χ1) is 11.6. The summed E-state index contributed by atoms with van der Waals surface area (Å²) in [6, 6.07) is 3.93. The molecule has 138 valence electrons. The van der Waals surface area contributed by atoms with Crippen molar-refractivity contribution in [3.05, 3.63) is 34.6 Å². The molecule has 3 rings (SSSR count). The van der Waals surface area contributed by atoms with Crippen molar-refractivity contribution >= 4 is 17.5 Å². The Bertz CT molecular complexity index is 621. The number of hydrogen-bond acceptors (Lipinski definition) is 2. The Balaban J connectivity index is 1.37. The van der Waals surface area contributed by atoms with Gasteiger partial charge in [-0.25, -0.2) is 4.39 Å². The molecule has 2 aliphatic rings. The number of carbonyl (C=O) groups excluding carboxylic acids is 1. The quantitative estimate of drug-likeness (QED) is 0.839. The molecular formula is C20H28ClFN2O. The van der Waals surface area contributed by atoms with E-state index in [-0.39, 0.29) is 16.5 Å². The summed E-state index contributed by atoms with van der Waals surface area (Å²) >= 11 is 5.80. The van der Waals surface area contributed by atoms with Crippen LogP contribution in [0.2, 0.25) is 5.02 Å². The highest BCUT2D eigenvalue weighted by molar-refractivity contribution is 6.31. The molecule has 3 nitrogen and oxygen atoms in total. The van der Waals surface area contributed by atoms with E-state index in [1.165, 1.54) is 57.1 Å². The van der Waals surface area contributed by atoms with Gasteiger partial charge < -0.3 is 10.2 Å². The molecule has 0 radical (unpaired) electrons. The molecule has 1 aliphatic heterocycles. The highest BCUT2D eigenvalue weighted by atomic mass is 35.5. The number of hydrogen-bond donors (Lipinski definition) is 1. The molecule has 1 N–H and O–H groups in total. The molecule has 1 amide bonds. The van der Waals surface area contributed by atoms with Crippen LogP contribution in [0.15, 0.2) is 18.2 Å². The largest absolute Gasteiger partial charge is 0.352 e. The molecule has 1 aromatic rings. The zero-order valence-electron chi connectivity index (χ0n) is 15.4. The standard InChI is InChI=1S/C20H28ClFN2O/c1-19(2,3)4-5-24-12-20(13-24)9-14(10-20)11-23-18(25)15-6-16(21)8-17(22)7-15/h6-8,14H,4-5,9-13H2,1-3H3,(H,23,25). The van der Waals surface area contributed by atoms with Gasteiger partial charge in [0.2, 0.25) is 0 Å². The van der Waals surface area contributed by atoms with E-state index in [0.29, 0.717) is 23.3 Å². The number of carbonyl (C=O) groups is 1. The summed E-state index contributed by atoms with van der Waals surface area (Å²) < 4.78 is 13.3. The third-order valence-electron chi connectivity index (χ3n) is 5.42. The summed E-state index contributed by atoms with van der Waals surface area (Å²) in [5, 5.41) is 3.17. The molecule has 0 aromatic heterocycles. The first kappa shape index (κ1) is 18.7. The van der Waals surface area contributed by atoms with Crippen molar-refractivity contribution in [3.63, 3.8) is 0 Å². The lowest BCUT2D eigenvalue weighted by atomic mass is 9.57. The molecule has 1 heterocycles. The fraction of sp³-hybridized carbons (Fsp3) is 0.650. The summed E-state index contributed by atoms with van der Waals surface area (Å²) in [5.41, 5.74) is 1.18. The van der Waals surface area contributed by atoms with Crippen LogP contribution in [-0.4, -0.2) is 37.0 Å². The maximum atomic E-state index is 13.3. The van der Waals surface area contributed by atoms with Gasteiger partial charge in [0, 0.05) is 30.2 Å². The number of nitrogens with one attached hydrogen (secondary N) is 1. The maximum absolute atomic E-state index is 13.3. The van der Waals surface area contributed by atoms with Crippen LogP contribution in [0.25, 0.3) is 0 Å². The second-order valence-electron chi connectivity index (χ2n) is 9.16. The Labute approximate surface area is 154 Å². The Hall–Kier alpha value is -1.13. The lowest BCUT2D eigenvalue weighted by Crippen LogP contribution is -2.63. The molecule has 25 heavy (non-hydrogen) atoms. The smallest absolute Gasteiger partial charge is 0.251 e. The Morgan fingerprint density at radius 3 is 2.60 bits per heavy atom. The number of nitrogens with zero attached hydrogens (tertiary/aromatic N) is 1. The lowest BCUT2D eigenvalue weighted by molar-refractivity contribution is -0.0951. The fourth-order valence-electron chi connectivity index (χ4n) is 4.15. The van der Waals surface area contributed by atoms with Crippen LogP contribution < -0.4 is 5.32 Å². The third kappa shape index (κ3) is 4.73. The van der Waals surface area contributed by atoms with Crippen LogP contribution in [0, 0.1) is 22.6 Å². The lowest BCUT2D eigenvalue weighted by Gasteiger charge is -2.59. The van der Waals surface area contributed by atoms with Gasteiger partial charge in [-0.1, -0.05) is 32.4 Å². The summed E-state index contributed by atoms with van der Waals surface area (Å²) in [6.07, 6.45) is 3.60. The van der Waals surface area contributed by atoms with Crippen LogP contribution in [0.4, 0.5) is 4.39 Å². The van der Waals surface area contributed by atoms with Crippen molar-refractivity contribution in [2.45, 2.75) is 40.0 Å². The summed E-state index contributed by atoms with van der Waals surface area (Å²) in [6.45, 7) is 11.1. The highest BCUT2D eigenvalue weighted by Crippen LogP contribution is 2.51. The predicted octanol–water partition coefficient (Wildman–Crippen LogP) is 4.36. The van der Waals surface area contributed by atoms with Crippen LogP contribution in [0.3, 0.4) is 0 Å². The minimum atomic E-state index is -0.481. The number of likely N-dealkylation sites (tertiary alicyclic amines) is 1. The molecule has 0 unspecified atom stereocenters. The van der Waals surface area contributed by atoms with E-state index >= 15 is 0 Å². The van der Waals surface area contributed by atoms with Crippen LogP contribution in [0.1, 0.15) is 50.4 Å². The van der Waals surface area contributed by atoms with E-state index in [1.54, 1.807) is 0 Å². The average Bonchev–Trinajstić information content (AvgIpc) is 2.40. The van der Waals surface area contributed by atoms with Gasteiger partial charge in [0.15, 0.2) is 0 Å². The van der Waals surface area contributed by atoms with Crippen molar-refractivity contribution in [2.75, 3.05) is 26.2 Å². The van der Waals surface area contributed by atoms with Gasteiger partial charge in [-0.2, -0.15) is 0 Å². The third-order valence-corrected chi connectivity index (χ3v) is 5.63. The number of benzene rings is 1. The molecule has 0 atom stereocenters. The Morgan fingerprint density at radius 1 is 1.32 bits per heavy atom. The second-order valence-corrected chi connectivity index (χ2v) is 9.60. The molecule has 0 bridgehead atoms. The van der Waals surface area contributed by atoms with Crippen LogP contribution in [0.5, 0.6) is 0 Å². The second kappa shape index (κ2) is 6.88. The maximum Gasteiger partial charge on any atom is 0.251 e. The van der Waals surface area contributed by atoms with Crippen LogP contribution >= 0.6 is 11.6 Å². The summed E-state index contributed by atoms with van der Waals surface area (Å²) in [4.78, 5) is 14.7. The topological polar surface area (TPSA) is 32.3 Å². The minimum Gasteiger partial charge on any atom is -0.352 e. The van der Waals surface area contributed by atoms with E-state index in [4.69, 9.17) is 11.6 Å². The molecule has 2 fully saturated rings. The van der Waals surface area contributed by atoms with Crippen molar-refractivity contribution in [1.29, 1.82) is 0 Å². The van der Waals surface area contributed by atoms with Gasteiger partial charge in [0.1, 0.15) is 5.82 Å². The minimum absolute atomic E-state index is 0.247. The van der Waals surface area contributed by atoms with E-state index in [2.05, 4.69) is 31.0 Å².